The van der Waals surface area contributed by atoms with E-state index in [4.69, 9.17) is 9.47 Å². The van der Waals surface area contributed by atoms with Gasteiger partial charge in [0.25, 0.3) is 0 Å². The van der Waals surface area contributed by atoms with Crippen LogP contribution in [0.4, 0.5) is 0 Å². The highest BCUT2D eigenvalue weighted by Crippen LogP contribution is 2.41. The maximum atomic E-state index is 5.48. The van der Waals surface area contributed by atoms with E-state index in [9.17, 15) is 0 Å². The predicted molar refractivity (Wildman–Crippen MR) is 83.9 cm³/mol. The van der Waals surface area contributed by atoms with Crippen molar-refractivity contribution in [3.63, 3.8) is 0 Å². The van der Waals surface area contributed by atoms with E-state index in [1.165, 1.54) is 69.8 Å². The Hall–Kier alpha value is -0.340. The number of hydrogen-bond acceptors (Lipinski definition) is 2. The van der Waals surface area contributed by atoms with Gasteiger partial charge >= 0.3 is 0 Å². The van der Waals surface area contributed by atoms with E-state index < -0.39 is 0 Å². The molecule has 2 heteroatoms. The molecule has 2 rings (SSSR count). The summed E-state index contributed by atoms with van der Waals surface area (Å²) in [5.41, 5.74) is 3.20. The van der Waals surface area contributed by atoms with Crippen LogP contribution < -0.4 is 0 Å². The van der Waals surface area contributed by atoms with E-state index in [0.29, 0.717) is 0 Å². The Balaban J connectivity index is 2.21. The number of methoxy groups -OCH3 is 2. The molecule has 0 unspecified atom stereocenters. The summed E-state index contributed by atoms with van der Waals surface area (Å²) in [7, 11) is 3.63. The monoisotopic (exact) mass is 280 g/mol. The lowest BCUT2D eigenvalue weighted by Crippen LogP contribution is -2.23. The van der Waals surface area contributed by atoms with Crippen molar-refractivity contribution in [3.05, 3.63) is 11.1 Å². The summed E-state index contributed by atoms with van der Waals surface area (Å²) in [6.07, 6.45) is 14.1. The van der Waals surface area contributed by atoms with Crippen LogP contribution in [0.5, 0.6) is 0 Å². The average molecular weight is 280 g/mol. The van der Waals surface area contributed by atoms with Crippen LogP contribution in [-0.4, -0.2) is 27.4 Å². The summed E-state index contributed by atoms with van der Waals surface area (Å²) < 4.78 is 11.0. The van der Waals surface area contributed by atoms with Crippen molar-refractivity contribution in [2.75, 3.05) is 27.4 Å². The highest BCUT2D eigenvalue weighted by molar-refractivity contribution is 5.22. The maximum Gasteiger partial charge on any atom is 0.0698 e. The van der Waals surface area contributed by atoms with Crippen molar-refractivity contribution < 1.29 is 9.47 Å². The number of rotatable bonds is 6. The summed E-state index contributed by atoms with van der Waals surface area (Å²) in [5.74, 6) is 1.62. The third-order valence-electron chi connectivity index (χ3n) is 5.14. The van der Waals surface area contributed by atoms with Crippen molar-refractivity contribution >= 4 is 0 Å². The summed E-state index contributed by atoms with van der Waals surface area (Å²) in [6, 6.07) is 0. The van der Waals surface area contributed by atoms with Gasteiger partial charge in [0, 0.05) is 14.2 Å². The van der Waals surface area contributed by atoms with Crippen LogP contribution in [0.1, 0.15) is 64.2 Å². The Morgan fingerprint density at radius 1 is 0.700 bits per heavy atom. The molecule has 0 radical (unpaired) electrons. The standard InChI is InChI=1S/C18H32O2/c1-19-13-17(14-20-2)18(15-9-5-3-6-10-15)16-11-7-4-8-12-16/h15-16H,3-14H2,1-2H3. The molecule has 0 aromatic rings. The van der Waals surface area contributed by atoms with Gasteiger partial charge in [-0.3, -0.25) is 0 Å². The Labute approximate surface area is 124 Å². The molecule has 0 bridgehead atoms. The third kappa shape index (κ3) is 4.33. The molecule has 2 nitrogen and oxygen atoms in total. The Morgan fingerprint density at radius 3 is 1.45 bits per heavy atom. The molecule has 0 aromatic heterocycles. The number of ether oxygens (including phenoxy) is 2. The van der Waals surface area contributed by atoms with Gasteiger partial charge in [0.05, 0.1) is 13.2 Å². The highest BCUT2D eigenvalue weighted by atomic mass is 16.5. The summed E-state index contributed by atoms with van der Waals surface area (Å²) in [6.45, 7) is 1.52. The van der Waals surface area contributed by atoms with E-state index in [-0.39, 0.29) is 0 Å². The lowest BCUT2D eigenvalue weighted by atomic mass is 9.72. The molecule has 2 fully saturated rings. The van der Waals surface area contributed by atoms with Gasteiger partial charge in [-0.15, -0.1) is 0 Å². The minimum Gasteiger partial charge on any atom is -0.380 e. The van der Waals surface area contributed by atoms with Crippen LogP contribution >= 0.6 is 0 Å². The molecular weight excluding hydrogens is 248 g/mol. The molecule has 0 spiro atoms. The first kappa shape index (κ1) is 16.0. The second kappa shape index (κ2) is 8.84. The Morgan fingerprint density at radius 2 is 1.10 bits per heavy atom. The molecule has 0 atom stereocenters. The fourth-order valence-corrected chi connectivity index (χ4v) is 4.29. The van der Waals surface area contributed by atoms with Crippen molar-refractivity contribution in [1.82, 2.24) is 0 Å². The van der Waals surface area contributed by atoms with Crippen LogP contribution in [0.3, 0.4) is 0 Å². The fraction of sp³-hybridized carbons (Fsp3) is 0.889. The molecule has 20 heavy (non-hydrogen) atoms. The molecule has 0 aromatic carbocycles. The van der Waals surface area contributed by atoms with Gasteiger partial charge in [-0.2, -0.15) is 0 Å². The van der Waals surface area contributed by atoms with Crippen LogP contribution in [0.15, 0.2) is 11.1 Å². The average Bonchev–Trinajstić information content (AvgIpc) is 2.50. The molecule has 2 saturated carbocycles. The minimum absolute atomic E-state index is 0.760. The minimum atomic E-state index is 0.760. The molecule has 0 amide bonds. The van der Waals surface area contributed by atoms with Gasteiger partial charge in [-0.05, 0) is 43.1 Å². The van der Waals surface area contributed by atoms with Crippen LogP contribution in [0.25, 0.3) is 0 Å². The zero-order valence-electron chi connectivity index (χ0n) is 13.5. The van der Waals surface area contributed by atoms with E-state index in [1.54, 1.807) is 5.57 Å². The van der Waals surface area contributed by atoms with Crippen molar-refractivity contribution in [2.45, 2.75) is 64.2 Å². The zero-order valence-corrected chi connectivity index (χ0v) is 13.5. The van der Waals surface area contributed by atoms with Gasteiger partial charge in [0.1, 0.15) is 0 Å². The van der Waals surface area contributed by atoms with E-state index in [1.807, 2.05) is 14.2 Å². The van der Waals surface area contributed by atoms with Crippen LogP contribution in [-0.2, 0) is 9.47 Å². The molecule has 2 aliphatic carbocycles. The quantitative estimate of drug-likeness (QED) is 0.654. The molecule has 2 aliphatic rings. The smallest absolute Gasteiger partial charge is 0.0698 e. The predicted octanol–water partition coefficient (Wildman–Crippen LogP) is 4.74. The van der Waals surface area contributed by atoms with Crippen molar-refractivity contribution in [3.8, 4) is 0 Å². The summed E-state index contributed by atoms with van der Waals surface area (Å²) in [5, 5.41) is 0. The summed E-state index contributed by atoms with van der Waals surface area (Å²) >= 11 is 0. The topological polar surface area (TPSA) is 18.5 Å². The normalized spacial score (nSPS) is 21.9. The Bertz CT molecular complexity index is 269. The second-order valence-electron chi connectivity index (χ2n) is 6.59. The van der Waals surface area contributed by atoms with E-state index >= 15 is 0 Å². The van der Waals surface area contributed by atoms with Gasteiger partial charge in [0.15, 0.2) is 0 Å². The SMILES string of the molecule is COCC(COC)=C(C1CCCCC1)C1CCCCC1. The van der Waals surface area contributed by atoms with E-state index in [0.717, 1.165) is 25.0 Å². The summed E-state index contributed by atoms with van der Waals surface area (Å²) in [4.78, 5) is 0. The second-order valence-corrected chi connectivity index (χ2v) is 6.59. The number of allylic oxidation sites excluding steroid dienone is 1. The highest BCUT2D eigenvalue weighted by Gasteiger charge is 2.28. The van der Waals surface area contributed by atoms with Crippen LogP contribution in [0.2, 0.25) is 0 Å². The molecule has 0 heterocycles. The van der Waals surface area contributed by atoms with Gasteiger partial charge in [0.2, 0.25) is 0 Å². The molecular formula is C18H32O2. The van der Waals surface area contributed by atoms with Gasteiger partial charge < -0.3 is 9.47 Å². The first-order chi connectivity index (χ1) is 9.86. The molecule has 0 aliphatic heterocycles. The first-order valence-electron chi connectivity index (χ1n) is 8.56. The van der Waals surface area contributed by atoms with Crippen molar-refractivity contribution in [2.24, 2.45) is 11.8 Å². The fourth-order valence-electron chi connectivity index (χ4n) is 4.29. The third-order valence-corrected chi connectivity index (χ3v) is 5.14. The number of hydrogen-bond donors (Lipinski definition) is 0. The van der Waals surface area contributed by atoms with Gasteiger partial charge in [-0.25, -0.2) is 0 Å². The molecule has 0 N–H and O–H groups in total. The zero-order chi connectivity index (χ0) is 14.2. The lowest BCUT2D eigenvalue weighted by molar-refractivity contribution is 0.174. The van der Waals surface area contributed by atoms with E-state index in [2.05, 4.69) is 0 Å². The Kier molecular flexibility index (Phi) is 7.09. The first-order valence-corrected chi connectivity index (χ1v) is 8.56. The molecule has 116 valence electrons. The van der Waals surface area contributed by atoms with Gasteiger partial charge in [-0.1, -0.05) is 44.1 Å². The van der Waals surface area contributed by atoms with Crippen LogP contribution in [0, 0.1) is 11.8 Å². The van der Waals surface area contributed by atoms with Crippen molar-refractivity contribution in [1.29, 1.82) is 0 Å². The maximum absolute atomic E-state index is 5.48. The lowest BCUT2D eigenvalue weighted by Gasteiger charge is -2.34. The molecule has 0 saturated heterocycles. The largest absolute Gasteiger partial charge is 0.380 e.